The number of alkyl halides is 2. The normalized spacial score (nSPS) is 11.7. The first-order chi connectivity index (χ1) is 5.98. The van der Waals surface area contributed by atoms with Crippen LogP contribution in [0.15, 0.2) is 0 Å². The molecule has 0 aliphatic carbocycles. The summed E-state index contributed by atoms with van der Waals surface area (Å²) >= 11 is 0. The van der Waals surface area contributed by atoms with Crippen LogP contribution in [0.1, 0.15) is 26.7 Å². The van der Waals surface area contributed by atoms with E-state index in [-0.39, 0.29) is 12.0 Å². The van der Waals surface area contributed by atoms with E-state index in [0.29, 0.717) is 6.54 Å². The van der Waals surface area contributed by atoms with Crippen LogP contribution in [0.2, 0.25) is 0 Å². The molecule has 0 aromatic carbocycles. The highest BCUT2D eigenvalue weighted by molar-refractivity contribution is 4.91. The molecule has 0 atom stereocenters. The molecular formula is C9H16F2N2. The Morgan fingerprint density at radius 3 is 2.54 bits per heavy atom. The van der Waals surface area contributed by atoms with E-state index >= 15 is 0 Å². The zero-order valence-corrected chi connectivity index (χ0v) is 8.11. The van der Waals surface area contributed by atoms with Crippen LogP contribution in [0.25, 0.3) is 0 Å². The van der Waals surface area contributed by atoms with Crippen molar-refractivity contribution in [2.24, 2.45) is 5.41 Å². The fraction of sp³-hybridized carbons (Fsp3) is 0.889. The van der Waals surface area contributed by atoms with Crippen LogP contribution in [-0.2, 0) is 0 Å². The average molecular weight is 190 g/mol. The van der Waals surface area contributed by atoms with Crippen molar-refractivity contribution in [1.29, 1.82) is 5.26 Å². The summed E-state index contributed by atoms with van der Waals surface area (Å²) in [4.78, 5) is 0. The van der Waals surface area contributed by atoms with E-state index < -0.39 is 6.43 Å². The topological polar surface area (TPSA) is 35.8 Å². The van der Waals surface area contributed by atoms with Crippen LogP contribution in [0, 0.1) is 16.7 Å². The van der Waals surface area contributed by atoms with Crippen molar-refractivity contribution in [3.63, 3.8) is 0 Å². The Labute approximate surface area is 77.9 Å². The minimum Gasteiger partial charge on any atom is -0.311 e. The summed E-state index contributed by atoms with van der Waals surface area (Å²) in [7, 11) is 0. The van der Waals surface area contributed by atoms with Gasteiger partial charge in [-0.2, -0.15) is 5.26 Å². The van der Waals surface area contributed by atoms with Crippen LogP contribution in [0.5, 0.6) is 0 Å². The molecule has 13 heavy (non-hydrogen) atoms. The monoisotopic (exact) mass is 190 g/mol. The van der Waals surface area contributed by atoms with Gasteiger partial charge in [0.1, 0.15) is 0 Å². The number of rotatable bonds is 6. The van der Waals surface area contributed by atoms with E-state index in [9.17, 15) is 8.78 Å². The van der Waals surface area contributed by atoms with E-state index in [4.69, 9.17) is 5.26 Å². The van der Waals surface area contributed by atoms with Crippen molar-refractivity contribution in [2.75, 3.05) is 13.1 Å². The maximum atomic E-state index is 11.6. The lowest BCUT2D eigenvalue weighted by atomic mass is 9.90. The third-order valence-corrected chi connectivity index (χ3v) is 1.76. The average Bonchev–Trinajstić information content (AvgIpc) is 2.03. The molecule has 1 N–H and O–H groups in total. The molecule has 0 bridgehead atoms. The van der Waals surface area contributed by atoms with Gasteiger partial charge in [0.05, 0.1) is 18.0 Å². The number of hydrogen-bond donors (Lipinski definition) is 1. The fourth-order valence-electron chi connectivity index (χ4n) is 0.922. The largest absolute Gasteiger partial charge is 0.311 e. The summed E-state index contributed by atoms with van der Waals surface area (Å²) in [5.41, 5.74) is -0.341. The van der Waals surface area contributed by atoms with Crippen molar-refractivity contribution < 1.29 is 8.78 Å². The first-order valence-electron chi connectivity index (χ1n) is 4.38. The van der Waals surface area contributed by atoms with Crippen molar-refractivity contribution in [1.82, 2.24) is 5.32 Å². The fourth-order valence-corrected chi connectivity index (χ4v) is 0.922. The van der Waals surface area contributed by atoms with Crippen LogP contribution in [-0.4, -0.2) is 19.5 Å². The molecule has 0 aliphatic rings. The Morgan fingerprint density at radius 2 is 2.08 bits per heavy atom. The van der Waals surface area contributed by atoms with Crippen LogP contribution >= 0.6 is 0 Å². The Hall–Kier alpha value is -0.690. The molecule has 0 aromatic heterocycles. The minimum atomic E-state index is -2.29. The van der Waals surface area contributed by atoms with Crippen LogP contribution < -0.4 is 5.32 Å². The lowest BCUT2D eigenvalue weighted by molar-refractivity contribution is 0.145. The standard InChI is InChI=1S/C9H16F2N2/c1-9(2,7-12)4-3-5-13-6-8(10)11/h8,13H,3-6H2,1-2H3. The number of nitriles is 1. The van der Waals surface area contributed by atoms with Gasteiger partial charge >= 0.3 is 0 Å². The van der Waals surface area contributed by atoms with Crippen molar-refractivity contribution >= 4 is 0 Å². The summed E-state index contributed by atoms with van der Waals surface area (Å²) in [6.07, 6.45) is -0.795. The van der Waals surface area contributed by atoms with Gasteiger partial charge in [-0.15, -0.1) is 0 Å². The van der Waals surface area contributed by atoms with E-state index in [2.05, 4.69) is 11.4 Å². The minimum absolute atomic E-state index is 0.257. The van der Waals surface area contributed by atoms with Gasteiger partial charge in [-0.25, -0.2) is 8.78 Å². The molecular weight excluding hydrogens is 174 g/mol. The lowest BCUT2D eigenvalue weighted by Crippen LogP contribution is -2.23. The summed E-state index contributed by atoms with van der Waals surface area (Å²) in [6.45, 7) is 3.99. The van der Waals surface area contributed by atoms with Crippen LogP contribution in [0.4, 0.5) is 8.78 Å². The van der Waals surface area contributed by atoms with Crippen molar-refractivity contribution in [3.8, 4) is 6.07 Å². The van der Waals surface area contributed by atoms with E-state index in [1.165, 1.54) is 0 Å². The molecule has 0 spiro atoms. The highest BCUT2D eigenvalue weighted by Crippen LogP contribution is 2.19. The molecule has 76 valence electrons. The number of nitrogens with zero attached hydrogens (tertiary/aromatic N) is 1. The van der Waals surface area contributed by atoms with Gasteiger partial charge in [-0.3, -0.25) is 0 Å². The maximum absolute atomic E-state index is 11.6. The second-order valence-corrected chi connectivity index (χ2v) is 3.69. The van der Waals surface area contributed by atoms with Gasteiger partial charge in [0.25, 0.3) is 6.43 Å². The quantitative estimate of drug-likeness (QED) is 0.651. The SMILES string of the molecule is CC(C)(C#N)CCCNCC(F)F. The van der Waals surface area contributed by atoms with Gasteiger partial charge in [-0.1, -0.05) is 0 Å². The molecule has 4 heteroatoms. The Kier molecular flexibility index (Phi) is 5.56. The number of hydrogen-bond acceptors (Lipinski definition) is 2. The highest BCUT2D eigenvalue weighted by Gasteiger charge is 2.15. The zero-order chi connectivity index (χ0) is 10.3. The molecule has 0 saturated heterocycles. The van der Waals surface area contributed by atoms with E-state index in [0.717, 1.165) is 12.8 Å². The van der Waals surface area contributed by atoms with Crippen molar-refractivity contribution in [2.45, 2.75) is 33.1 Å². The molecule has 0 rings (SSSR count). The highest BCUT2D eigenvalue weighted by atomic mass is 19.3. The van der Waals surface area contributed by atoms with Gasteiger partial charge in [0, 0.05) is 0 Å². The zero-order valence-electron chi connectivity index (χ0n) is 8.11. The molecule has 0 aromatic rings. The molecule has 0 amide bonds. The Bertz CT molecular complexity index is 173. The Morgan fingerprint density at radius 1 is 1.46 bits per heavy atom. The van der Waals surface area contributed by atoms with Gasteiger partial charge in [0.15, 0.2) is 0 Å². The second-order valence-electron chi connectivity index (χ2n) is 3.69. The molecule has 0 unspecified atom stereocenters. The molecule has 0 aliphatic heterocycles. The Balaban J connectivity index is 3.32. The molecule has 2 nitrogen and oxygen atoms in total. The first-order valence-corrected chi connectivity index (χ1v) is 4.38. The number of halogens is 2. The summed E-state index contributed by atoms with van der Waals surface area (Å²) in [6, 6.07) is 2.17. The van der Waals surface area contributed by atoms with Crippen LogP contribution in [0.3, 0.4) is 0 Å². The van der Waals surface area contributed by atoms with E-state index in [1.54, 1.807) is 0 Å². The summed E-state index contributed by atoms with van der Waals surface area (Å²) < 4.78 is 23.3. The van der Waals surface area contributed by atoms with E-state index in [1.807, 2.05) is 13.8 Å². The summed E-state index contributed by atoms with van der Waals surface area (Å²) in [5, 5.41) is 11.3. The molecule has 0 fully saturated rings. The predicted molar refractivity (Wildman–Crippen MR) is 47.5 cm³/mol. The smallest absolute Gasteiger partial charge is 0.250 e. The van der Waals surface area contributed by atoms with Gasteiger partial charge in [0.2, 0.25) is 0 Å². The number of nitrogens with one attached hydrogen (secondary N) is 1. The van der Waals surface area contributed by atoms with Gasteiger partial charge < -0.3 is 5.32 Å². The van der Waals surface area contributed by atoms with Gasteiger partial charge in [-0.05, 0) is 33.2 Å². The second kappa shape index (κ2) is 5.87. The third kappa shape index (κ3) is 7.66. The lowest BCUT2D eigenvalue weighted by Gasteiger charge is -2.14. The molecule has 0 heterocycles. The molecule has 0 saturated carbocycles. The predicted octanol–water partition coefficient (Wildman–Crippen LogP) is 2.17. The third-order valence-electron chi connectivity index (χ3n) is 1.76. The van der Waals surface area contributed by atoms with Crippen molar-refractivity contribution in [3.05, 3.63) is 0 Å². The molecule has 0 radical (unpaired) electrons. The summed E-state index contributed by atoms with van der Waals surface area (Å²) in [5.74, 6) is 0. The maximum Gasteiger partial charge on any atom is 0.250 e. The first kappa shape index (κ1) is 12.3.